The summed E-state index contributed by atoms with van der Waals surface area (Å²) in [6.07, 6.45) is 17.7. The number of hydrogen-bond acceptors (Lipinski definition) is 2. The van der Waals surface area contributed by atoms with Crippen LogP contribution in [0.5, 0.6) is 0 Å². The predicted octanol–water partition coefficient (Wildman–Crippen LogP) is 7.01. The Hall–Kier alpha value is -1.31. The van der Waals surface area contributed by atoms with Gasteiger partial charge in [-0.15, -0.1) is 0 Å². The van der Waals surface area contributed by atoms with E-state index in [1.807, 2.05) is 0 Å². The molecule has 2 aliphatic carbocycles. The molecule has 0 heterocycles. The monoisotopic (exact) mass is 384 g/mol. The van der Waals surface area contributed by atoms with E-state index in [0.717, 1.165) is 37.5 Å². The molecule has 0 saturated heterocycles. The Balaban J connectivity index is 1.39. The molecule has 28 heavy (non-hydrogen) atoms. The highest BCUT2D eigenvalue weighted by Crippen LogP contribution is 2.49. The molecule has 0 radical (unpaired) electrons. The van der Waals surface area contributed by atoms with Crippen LogP contribution in [0.15, 0.2) is 12.1 Å². The third-order valence-corrected chi connectivity index (χ3v) is 7.44. The van der Waals surface area contributed by atoms with Crippen LogP contribution in [0, 0.1) is 19.3 Å². The summed E-state index contributed by atoms with van der Waals surface area (Å²) < 4.78 is 5.27. The van der Waals surface area contributed by atoms with E-state index in [9.17, 15) is 4.79 Å². The van der Waals surface area contributed by atoms with Crippen molar-refractivity contribution in [1.29, 1.82) is 0 Å². The van der Waals surface area contributed by atoms with Crippen LogP contribution in [0.1, 0.15) is 106 Å². The summed E-state index contributed by atoms with van der Waals surface area (Å²) in [5.41, 5.74) is 6.70. The van der Waals surface area contributed by atoms with Gasteiger partial charge in [0.1, 0.15) is 5.60 Å². The van der Waals surface area contributed by atoms with Gasteiger partial charge in [-0.05, 0) is 112 Å². The van der Waals surface area contributed by atoms with Gasteiger partial charge in [0.2, 0.25) is 0 Å². The summed E-state index contributed by atoms with van der Waals surface area (Å²) in [6, 6.07) is 4.68. The molecule has 1 aromatic carbocycles. The van der Waals surface area contributed by atoms with E-state index < -0.39 is 0 Å². The second-order valence-corrected chi connectivity index (χ2v) is 9.97. The Kier molecular flexibility index (Phi) is 7.23. The summed E-state index contributed by atoms with van der Waals surface area (Å²) in [4.78, 5) is 10.6. The van der Waals surface area contributed by atoms with Crippen LogP contribution in [0.4, 0.5) is 0 Å². The Bertz CT molecular complexity index is 653. The third-order valence-electron chi connectivity index (χ3n) is 7.44. The molecule has 0 unspecified atom stereocenters. The SMILES string of the molecule is Cc1ccc(CCCCCCC2(C)CC2)c(C)c1CCCCC1(OC=O)CC1. The standard InChI is InChI=1S/C26H40O2/c1-21-12-13-23(10-6-4-5-8-14-25(3)16-17-25)22(2)24(21)11-7-9-15-26(18-19-26)28-20-27/h12-13,20H,4-11,14-19H2,1-3H3. The van der Waals surface area contributed by atoms with E-state index in [1.165, 1.54) is 68.9 Å². The molecular formula is C26H40O2. The van der Waals surface area contributed by atoms with Crippen molar-refractivity contribution in [2.24, 2.45) is 5.41 Å². The van der Waals surface area contributed by atoms with Gasteiger partial charge >= 0.3 is 0 Å². The molecular weight excluding hydrogens is 344 g/mol. The highest BCUT2D eigenvalue weighted by Gasteiger charge is 2.44. The molecule has 0 atom stereocenters. The first-order chi connectivity index (χ1) is 13.5. The molecule has 2 aliphatic rings. The van der Waals surface area contributed by atoms with Gasteiger partial charge in [-0.3, -0.25) is 4.79 Å². The number of rotatable bonds is 14. The molecule has 0 amide bonds. The van der Waals surface area contributed by atoms with Crippen molar-refractivity contribution in [2.75, 3.05) is 0 Å². The van der Waals surface area contributed by atoms with Crippen LogP contribution in [0.25, 0.3) is 0 Å². The molecule has 0 bridgehead atoms. The van der Waals surface area contributed by atoms with E-state index in [4.69, 9.17) is 4.74 Å². The summed E-state index contributed by atoms with van der Waals surface area (Å²) in [6.45, 7) is 7.66. The molecule has 2 saturated carbocycles. The molecule has 0 N–H and O–H groups in total. The maximum Gasteiger partial charge on any atom is 0.293 e. The lowest BCUT2D eigenvalue weighted by Crippen LogP contribution is -2.12. The zero-order valence-corrected chi connectivity index (χ0v) is 18.4. The number of hydrogen-bond donors (Lipinski definition) is 0. The summed E-state index contributed by atoms with van der Waals surface area (Å²) in [5.74, 6) is 0. The number of carbonyl (C=O) groups excluding carboxylic acids is 1. The Labute approximate surface area is 172 Å². The van der Waals surface area contributed by atoms with Crippen molar-refractivity contribution in [3.63, 3.8) is 0 Å². The first kappa shape index (κ1) is 21.4. The van der Waals surface area contributed by atoms with Crippen molar-refractivity contribution >= 4 is 6.47 Å². The largest absolute Gasteiger partial charge is 0.461 e. The summed E-state index contributed by atoms with van der Waals surface area (Å²) >= 11 is 0. The smallest absolute Gasteiger partial charge is 0.293 e. The maximum absolute atomic E-state index is 10.6. The lowest BCUT2D eigenvalue weighted by atomic mass is 9.91. The van der Waals surface area contributed by atoms with E-state index in [0.29, 0.717) is 6.47 Å². The first-order valence-corrected chi connectivity index (χ1v) is 11.7. The van der Waals surface area contributed by atoms with Gasteiger partial charge in [0.15, 0.2) is 0 Å². The van der Waals surface area contributed by atoms with Crippen molar-refractivity contribution < 1.29 is 9.53 Å². The molecule has 3 rings (SSSR count). The van der Waals surface area contributed by atoms with Gasteiger partial charge in [-0.25, -0.2) is 0 Å². The van der Waals surface area contributed by atoms with Crippen molar-refractivity contribution in [3.8, 4) is 0 Å². The van der Waals surface area contributed by atoms with Crippen LogP contribution in [-0.4, -0.2) is 12.1 Å². The molecule has 1 aromatic rings. The second kappa shape index (κ2) is 9.46. The molecule has 156 valence electrons. The fraction of sp³-hybridized carbons (Fsp3) is 0.731. The lowest BCUT2D eigenvalue weighted by Gasteiger charge is -2.16. The van der Waals surface area contributed by atoms with Gasteiger partial charge in [-0.2, -0.15) is 0 Å². The Morgan fingerprint density at radius 2 is 1.57 bits per heavy atom. The number of carbonyl (C=O) groups is 1. The van der Waals surface area contributed by atoms with Crippen LogP contribution in [0.3, 0.4) is 0 Å². The van der Waals surface area contributed by atoms with Gasteiger partial charge in [-0.1, -0.05) is 38.3 Å². The first-order valence-electron chi connectivity index (χ1n) is 11.7. The van der Waals surface area contributed by atoms with Gasteiger partial charge < -0.3 is 4.74 Å². The van der Waals surface area contributed by atoms with E-state index in [-0.39, 0.29) is 5.60 Å². The fourth-order valence-electron chi connectivity index (χ4n) is 4.70. The number of unbranched alkanes of at least 4 members (excludes halogenated alkanes) is 4. The highest BCUT2D eigenvalue weighted by atomic mass is 16.5. The minimum absolute atomic E-state index is 0.0926. The van der Waals surface area contributed by atoms with Crippen LogP contribution < -0.4 is 0 Å². The highest BCUT2D eigenvalue weighted by molar-refractivity contribution is 5.40. The summed E-state index contributed by atoms with van der Waals surface area (Å²) in [5, 5.41) is 0. The average Bonchev–Trinajstić information content (AvgIpc) is 3.58. The average molecular weight is 385 g/mol. The topological polar surface area (TPSA) is 26.3 Å². The van der Waals surface area contributed by atoms with Crippen molar-refractivity contribution in [1.82, 2.24) is 0 Å². The molecule has 2 heteroatoms. The minimum atomic E-state index is -0.0926. The fourth-order valence-corrected chi connectivity index (χ4v) is 4.70. The van der Waals surface area contributed by atoms with Crippen molar-refractivity contribution in [3.05, 3.63) is 34.4 Å². The molecule has 0 aromatic heterocycles. The molecule has 2 fully saturated rings. The van der Waals surface area contributed by atoms with Crippen LogP contribution in [0.2, 0.25) is 0 Å². The zero-order valence-electron chi connectivity index (χ0n) is 18.4. The lowest BCUT2D eigenvalue weighted by molar-refractivity contribution is -0.135. The van der Waals surface area contributed by atoms with Gasteiger partial charge in [0.25, 0.3) is 6.47 Å². The van der Waals surface area contributed by atoms with E-state index >= 15 is 0 Å². The van der Waals surface area contributed by atoms with Crippen LogP contribution in [-0.2, 0) is 22.4 Å². The van der Waals surface area contributed by atoms with E-state index in [2.05, 4.69) is 32.9 Å². The van der Waals surface area contributed by atoms with Gasteiger partial charge in [0.05, 0.1) is 0 Å². The maximum atomic E-state index is 10.6. The second-order valence-electron chi connectivity index (χ2n) is 9.97. The quantitative estimate of drug-likeness (QED) is 0.254. The third kappa shape index (κ3) is 6.09. The van der Waals surface area contributed by atoms with Crippen LogP contribution >= 0.6 is 0 Å². The van der Waals surface area contributed by atoms with Crippen molar-refractivity contribution in [2.45, 2.75) is 116 Å². The minimum Gasteiger partial charge on any atom is -0.461 e. The number of benzene rings is 1. The normalized spacial score (nSPS) is 18.7. The Morgan fingerprint density at radius 3 is 2.25 bits per heavy atom. The van der Waals surface area contributed by atoms with Gasteiger partial charge in [0, 0.05) is 0 Å². The number of ether oxygens (including phenoxy) is 1. The summed E-state index contributed by atoms with van der Waals surface area (Å²) in [7, 11) is 0. The molecule has 0 spiro atoms. The molecule has 0 aliphatic heterocycles. The molecule has 2 nitrogen and oxygen atoms in total. The Morgan fingerprint density at radius 1 is 0.893 bits per heavy atom. The zero-order chi connectivity index (χ0) is 20.0. The number of aryl methyl sites for hydroxylation is 2. The van der Waals surface area contributed by atoms with E-state index in [1.54, 1.807) is 11.1 Å². The predicted molar refractivity (Wildman–Crippen MR) is 117 cm³/mol.